The van der Waals surface area contributed by atoms with Gasteiger partial charge in [0.05, 0.1) is 11.0 Å². The fourth-order valence-corrected chi connectivity index (χ4v) is 3.19. The molecule has 0 radical (unpaired) electrons. The summed E-state index contributed by atoms with van der Waals surface area (Å²) in [5, 5.41) is 6.80. The lowest BCUT2D eigenvalue weighted by molar-refractivity contribution is 0.268. The second-order valence-corrected chi connectivity index (χ2v) is 7.62. The van der Waals surface area contributed by atoms with E-state index in [1.54, 1.807) is 0 Å². The van der Waals surface area contributed by atoms with Crippen molar-refractivity contribution in [3.05, 3.63) is 30.1 Å². The number of imidazole rings is 1. The van der Waals surface area contributed by atoms with Crippen molar-refractivity contribution in [3.63, 3.8) is 0 Å². The Hall–Kier alpha value is -2.08. The van der Waals surface area contributed by atoms with E-state index >= 15 is 0 Å². The maximum Gasteiger partial charge on any atom is 0.191 e. The molecular formula is C22H38N6. The molecule has 2 rings (SSSR count). The van der Waals surface area contributed by atoms with Crippen LogP contribution in [0.4, 0.5) is 0 Å². The molecule has 0 aliphatic carbocycles. The van der Waals surface area contributed by atoms with Crippen LogP contribution in [0.5, 0.6) is 0 Å². The first kappa shape index (κ1) is 22.2. The van der Waals surface area contributed by atoms with Gasteiger partial charge in [-0.3, -0.25) is 4.99 Å². The van der Waals surface area contributed by atoms with Crippen LogP contribution in [0.1, 0.15) is 45.9 Å². The van der Waals surface area contributed by atoms with Gasteiger partial charge in [0.15, 0.2) is 5.96 Å². The van der Waals surface area contributed by atoms with E-state index in [1.165, 1.54) is 11.9 Å². The molecule has 28 heavy (non-hydrogen) atoms. The average molecular weight is 387 g/mol. The van der Waals surface area contributed by atoms with Crippen LogP contribution in [0.3, 0.4) is 0 Å². The zero-order valence-electron chi connectivity index (χ0n) is 18.3. The second kappa shape index (κ2) is 11.7. The van der Waals surface area contributed by atoms with Crippen LogP contribution in [0.2, 0.25) is 0 Å². The number of nitrogens with zero attached hydrogens (tertiary/aromatic N) is 4. The second-order valence-electron chi connectivity index (χ2n) is 7.62. The summed E-state index contributed by atoms with van der Waals surface area (Å²) in [6.45, 7) is 13.4. The Balaban J connectivity index is 1.75. The van der Waals surface area contributed by atoms with E-state index in [1.807, 2.05) is 6.07 Å². The number of unbranched alkanes of at least 4 members (excludes halogenated alkanes) is 1. The highest BCUT2D eigenvalue weighted by atomic mass is 15.2. The van der Waals surface area contributed by atoms with Crippen LogP contribution in [-0.2, 0) is 6.54 Å². The van der Waals surface area contributed by atoms with Crippen molar-refractivity contribution < 1.29 is 0 Å². The summed E-state index contributed by atoms with van der Waals surface area (Å²) >= 11 is 0. The normalized spacial score (nSPS) is 12.3. The van der Waals surface area contributed by atoms with Crippen LogP contribution >= 0.6 is 0 Å². The van der Waals surface area contributed by atoms with E-state index in [2.05, 4.69) is 78.0 Å². The summed E-state index contributed by atoms with van der Waals surface area (Å²) in [6.07, 6.45) is 3.35. The van der Waals surface area contributed by atoms with Crippen LogP contribution in [0.15, 0.2) is 29.3 Å². The number of nitrogens with one attached hydrogen (secondary N) is 2. The molecule has 6 nitrogen and oxygen atoms in total. The Morgan fingerprint density at radius 1 is 1.18 bits per heavy atom. The van der Waals surface area contributed by atoms with Crippen molar-refractivity contribution in [2.24, 2.45) is 4.99 Å². The number of aliphatic imine (C=N–C) groups is 1. The maximum absolute atomic E-state index is 4.73. The Bertz CT molecular complexity index is 734. The van der Waals surface area contributed by atoms with Gasteiger partial charge in [0.1, 0.15) is 5.82 Å². The molecule has 2 aromatic rings. The monoisotopic (exact) mass is 386 g/mol. The fraction of sp³-hybridized carbons (Fsp3) is 0.636. The van der Waals surface area contributed by atoms with Gasteiger partial charge >= 0.3 is 0 Å². The first-order valence-corrected chi connectivity index (χ1v) is 10.7. The quantitative estimate of drug-likeness (QED) is 0.353. The van der Waals surface area contributed by atoms with Crippen LogP contribution in [0.25, 0.3) is 11.0 Å². The Morgan fingerprint density at radius 3 is 2.71 bits per heavy atom. The van der Waals surface area contributed by atoms with E-state index in [0.29, 0.717) is 6.04 Å². The maximum atomic E-state index is 4.73. The molecule has 0 atom stereocenters. The third-order valence-corrected chi connectivity index (χ3v) is 5.11. The molecule has 1 aromatic carbocycles. The molecule has 0 bridgehead atoms. The number of hydrogen-bond acceptors (Lipinski definition) is 3. The van der Waals surface area contributed by atoms with E-state index in [9.17, 15) is 0 Å². The molecule has 6 heteroatoms. The van der Waals surface area contributed by atoms with Crippen LogP contribution in [0, 0.1) is 6.92 Å². The standard InChI is InChI=1S/C22H38N6/c1-6-23-22(24-14-9-10-16-27(5)18(2)3)25-15-11-17-28-19(4)26-20-12-7-8-13-21(20)28/h7-8,12-13,18H,6,9-11,14-17H2,1-5H3,(H2,23,24,25). The number of guanidine groups is 1. The lowest BCUT2D eigenvalue weighted by Gasteiger charge is -2.20. The molecule has 1 heterocycles. The van der Waals surface area contributed by atoms with Crippen molar-refractivity contribution in [2.45, 2.75) is 59.5 Å². The molecule has 0 unspecified atom stereocenters. The van der Waals surface area contributed by atoms with E-state index in [0.717, 1.165) is 62.9 Å². The predicted octanol–water partition coefficient (Wildman–Crippen LogP) is 3.41. The lowest BCUT2D eigenvalue weighted by Crippen LogP contribution is -2.38. The van der Waals surface area contributed by atoms with E-state index in [-0.39, 0.29) is 0 Å². The smallest absolute Gasteiger partial charge is 0.191 e. The molecule has 0 aliphatic rings. The summed E-state index contributed by atoms with van der Waals surface area (Å²) in [4.78, 5) is 11.8. The predicted molar refractivity (Wildman–Crippen MR) is 120 cm³/mol. The number of fused-ring (bicyclic) bond motifs is 1. The van der Waals surface area contributed by atoms with Crippen LogP contribution in [-0.4, -0.2) is 59.7 Å². The first-order valence-electron chi connectivity index (χ1n) is 10.7. The highest BCUT2D eigenvalue weighted by molar-refractivity contribution is 5.79. The van der Waals surface area contributed by atoms with Gasteiger partial charge < -0.3 is 20.1 Å². The molecule has 0 aliphatic heterocycles. The van der Waals surface area contributed by atoms with Crippen LogP contribution < -0.4 is 10.6 Å². The minimum Gasteiger partial charge on any atom is -0.357 e. The highest BCUT2D eigenvalue weighted by Crippen LogP contribution is 2.15. The van der Waals surface area contributed by atoms with Crippen molar-refractivity contribution in [2.75, 3.05) is 33.2 Å². The minimum atomic E-state index is 0.614. The summed E-state index contributed by atoms with van der Waals surface area (Å²) in [7, 11) is 2.19. The van der Waals surface area contributed by atoms with Gasteiger partial charge in [-0.25, -0.2) is 4.98 Å². The van der Waals surface area contributed by atoms with Crippen molar-refractivity contribution >= 4 is 17.0 Å². The van der Waals surface area contributed by atoms with Crippen molar-refractivity contribution in [1.82, 2.24) is 25.1 Å². The van der Waals surface area contributed by atoms with E-state index in [4.69, 9.17) is 4.99 Å². The molecule has 1 aromatic heterocycles. The summed E-state index contributed by atoms with van der Waals surface area (Å²) in [5.41, 5.74) is 2.28. The molecule has 0 amide bonds. The number of aromatic nitrogens is 2. The number of para-hydroxylation sites is 2. The van der Waals surface area contributed by atoms with E-state index < -0.39 is 0 Å². The largest absolute Gasteiger partial charge is 0.357 e. The molecule has 0 spiro atoms. The summed E-state index contributed by atoms with van der Waals surface area (Å²) in [5.74, 6) is 1.99. The topological polar surface area (TPSA) is 57.5 Å². The molecule has 2 N–H and O–H groups in total. The molecule has 0 fully saturated rings. The first-order chi connectivity index (χ1) is 13.5. The number of aryl methyl sites for hydroxylation is 2. The Morgan fingerprint density at radius 2 is 1.96 bits per heavy atom. The minimum absolute atomic E-state index is 0.614. The summed E-state index contributed by atoms with van der Waals surface area (Å²) < 4.78 is 2.29. The van der Waals surface area contributed by atoms with Crippen molar-refractivity contribution in [1.29, 1.82) is 0 Å². The zero-order valence-corrected chi connectivity index (χ0v) is 18.3. The average Bonchev–Trinajstić information content (AvgIpc) is 2.99. The van der Waals surface area contributed by atoms with Gasteiger partial charge in [0.25, 0.3) is 0 Å². The Labute approximate surface area is 170 Å². The zero-order chi connectivity index (χ0) is 20.4. The molecule has 156 valence electrons. The van der Waals surface area contributed by atoms with Gasteiger partial charge in [-0.2, -0.15) is 0 Å². The molecular weight excluding hydrogens is 348 g/mol. The highest BCUT2D eigenvalue weighted by Gasteiger charge is 2.06. The third kappa shape index (κ3) is 6.82. The van der Waals surface area contributed by atoms with Gasteiger partial charge in [-0.05, 0) is 72.7 Å². The fourth-order valence-electron chi connectivity index (χ4n) is 3.19. The van der Waals surface area contributed by atoms with Gasteiger partial charge in [-0.1, -0.05) is 12.1 Å². The van der Waals surface area contributed by atoms with Crippen molar-refractivity contribution in [3.8, 4) is 0 Å². The third-order valence-electron chi connectivity index (χ3n) is 5.11. The lowest BCUT2D eigenvalue weighted by atomic mass is 10.2. The molecule has 0 saturated heterocycles. The number of benzene rings is 1. The Kier molecular flexibility index (Phi) is 9.28. The van der Waals surface area contributed by atoms with Gasteiger partial charge in [0.2, 0.25) is 0 Å². The number of hydrogen-bond donors (Lipinski definition) is 2. The summed E-state index contributed by atoms with van der Waals surface area (Å²) in [6, 6.07) is 8.94. The van der Waals surface area contributed by atoms with Gasteiger partial charge in [0, 0.05) is 32.2 Å². The number of rotatable bonds is 11. The molecule has 0 saturated carbocycles. The SMILES string of the molecule is CCNC(=NCCCn1c(C)nc2ccccc21)NCCCCN(C)C(C)C. The van der Waals surface area contributed by atoms with Gasteiger partial charge in [-0.15, -0.1) is 0 Å².